The Bertz CT molecular complexity index is 759. The van der Waals surface area contributed by atoms with Crippen LogP contribution in [0, 0.1) is 0 Å². The molecule has 0 saturated heterocycles. The van der Waals surface area contributed by atoms with Crippen LogP contribution in [0.5, 0.6) is 5.75 Å². The summed E-state index contributed by atoms with van der Waals surface area (Å²) in [6, 6.07) is 18.8. The van der Waals surface area contributed by atoms with Crippen LogP contribution in [0.15, 0.2) is 64.5 Å². The average molecular weight is 353 g/mol. The van der Waals surface area contributed by atoms with Gasteiger partial charge in [-0.15, -0.1) is 11.8 Å². The molecule has 1 fully saturated rings. The van der Waals surface area contributed by atoms with E-state index >= 15 is 0 Å². The Kier molecular flexibility index (Phi) is 4.57. The number of rotatable bonds is 5. The number of benzene rings is 2. The van der Waals surface area contributed by atoms with Crippen molar-refractivity contribution in [1.82, 2.24) is 5.32 Å². The van der Waals surface area contributed by atoms with Gasteiger partial charge in [0.2, 0.25) is 0 Å². The standard InChI is InChI=1S/C20H23N3OS/c21-19(23-17-10-13-24-18-9-5-4-8-16(17)18)22-14-20(11-12-20)25-15-6-2-1-3-7-15/h1-9,17H,10-14H2,(H3,21,22,23). The molecule has 1 saturated carbocycles. The molecule has 130 valence electrons. The van der Waals surface area contributed by atoms with Gasteiger partial charge in [0.05, 0.1) is 19.2 Å². The zero-order valence-corrected chi connectivity index (χ0v) is 15.0. The van der Waals surface area contributed by atoms with E-state index in [0.717, 1.165) is 24.3 Å². The summed E-state index contributed by atoms with van der Waals surface area (Å²) in [6.45, 7) is 1.46. The molecule has 1 heterocycles. The normalized spacial score (nSPS) is 21.1. The minimum atomic E-state index is 0.172. The van der Waals surface area contributed by atoms with Crippen molar-refractivity contribution in [2.75, 3.05) is 13.2 Å². The minimum Gasteiger partial charge on any atom is -0.493 e. The molecule has 1 aliphatic heterocycles. The second-order valence-electron chi connectivity index (χ2n) is 6.67. The van der Waals surface area contributed by atoms with E-state index in [1.54, 1.807) is 0 Å². The molecule has 0 radical (unpaired) electrons. The molecule has 2 aromatic rings. The first kappa shape index (κ1) is 16.3. The lowest BCUT2D eigenvalue weighted by Gasteiger charge is -2.27. The van der Waals surface area contributed by atoms with Crippen LogP contribution in [0.2, 0.25) is 0 Å². The Morgan fingerprint density at radius 1 is 1.16 bits per heavy atom. The number of aliphatic imine (C=N–C) groups is 1. The Labute approximate surface area is 152 Å². The highest BCUT2D eigenvalue weighted by Crippen LogP contribution is 2.51. The second-order valence-corrected chi connectivity index (χ2v) is 8.21. The lowest BCUT2D eigenvalue weighted by Crippen LogP contribution is -2.37. The van der Waals surface area contributed by atoms with Crippen molar-refractivity contribution in [3.05, 3.63) is 60.2 Å². The largest absolute Gasteiger partial charge is 0.493 e. The quantitative estimate of drug-likeness (QED) is 0.635. The van der Waals surface area contributed by atoms with Gasteiger partial charge in [-0.3, -0.25) is 4.99 Å². The van der Waals surface area contributed by atoms with E-state index in [9.17, 15) is 0 Å². The van der Waals surface area contributed by atoms with Crippen LogP contribution < -0.4 is 15.8 Å². The zero-order chi connectivity index (χ0) is 17.1. The Morgan fingerprint density at radius 2 is 1.92 bits per heavy atom. The molecule has 25 heavy (non-hydrogen) atoms. The van der Waals surface area contributed by atoms with Crippen LogP contribution in [0.1, 0.15) is 30.9 Å². The van der Waals surface area contributed by atoms with E-state index < -0.39 is 0 Å². The van der Waals surface area contributed by atoms with Gasteiger partial charge in [0.15, 0.2) is 5.96 Å². The van der Waals surface area contributed by atoms with E-state index in [-0.39, 0.29) is 10.8 Å². The van der Waals surface area contributed by atoms with Gasteiger partial charge >= 0.3 is 0 Å². The fourth-order valence-corrected chi connectivity index (χ4v) is 4.34. The average Bonchev–Trinajstić information content (AvgIpc) is 3.41. The van der Waals surface area contributed by atoms with Crippen molar-refractivity contribution in [2.45, 2.75) is 34.9 Å². The van der Waals surface area contributed by atoms with Gasteiger partial charge in [-0.1, -0.05) is 36.4 Å². The second kappa shape index (κ2) is 7.00. The number of ether oxygens (including phenoxy) is 1. The maximum Gasteiger partial charge on any atom is 0.189 e. The molecule has 1 aliphatic carbocycles. The molecular formula is C20H23N3OS. The number of hydrogen-bond donors (Lipinski definition) is 2. The van der Waals surface area contributed by atoms with Crippen LogP contribution in [-0.2, 0) is 0 Å². The van der Waals surface area contributed by atoms with Crippen molar-refractivity contribution < 1.29 is 4.74 Å². The van der Waals surface area contributed by atoms with E-state index in [2.05, 4.69) is 46.7 Å². The number of hydrogen-bond acceptors (Lipinski definition) is 3. The summed E-state index contributed by atoms with van der Waals surface area (Å²) in [5, 5.41) is 3.38. The lowest BCUT2D eigenvalue weighted by molar-refractivity contribution is 0.262. The van der Waals surface area contributed by atoms with Crippen molar-refractivity contribution in [1.29, 1.82) is 0 Å². The molecule has 0 amide bonds. The van der Waals surface area contributed by atoms with Crippen LogP contribution in [0.3, 0.4) is 0 Å². The minimum absolute atomic E-state index is 0.172. The SMILES string of the molecule is NC(=NCC1(Sc2ccccc2)CC1)NC1CCOc2ccccc21. The number of nitrogens with two attached hydrogens (primary N) is 1. The first-order valence-corrected chi connectivity index (χ1v) is 9.58. The van der Waals surface area contributed by atoms with E-state index in [1.165, 1.54) is 17.7 Å². The molecule has 4 nitrogen and oxygen atoms in total. The summed E-state index contributed by atoms with van der Waals surface area (Å²) in [7, 11) is 0. The summed E-state index contributed by atoms with van der Waals surface area (Å²) in [6.07, 6.45) is 3.30. The van der Waals surface area contributed by atoms with Gasteiger partial charge in [0, 0.05) is 21.6 Å². The summed E-state index contributed by atoms with van der Waals surface area (Å²) in [4.78, 5) is 5.95. The van der Waals surface area contributed by atoms with Gasteiger partial charge in [0.25, 0.3) is 0 Å². The highest BCUT2D eigenvalue weighted by atomic mass is 32.2. The van der Waals surface area contributed by atoms with Crippen molar-refractivity contribution in [2.24, 2.45) is 10.7 Å². The number of para-hydroxylation sites is 1. The molecule has 0 aromatic heterocycles. The number of fused-ring (bicyclic) bond motifs is 1. The molecule has 0 spiro atoms. The highest BCUT2D eigenvalue weighted by Gasteiger charge is 2.43. The molecule has 2 aromatic carbocycles. The Hall–Kier alpha value is -2.14. The Morgan fingerprint density at radius 3 is 2.72 bits per heavy atom. The highest BCUT2D eigenvalue weighted by molar-refractivity contribution is 8.01. The fraction of sp³-hybridized carbons (Fsp3) is 0.350. The third kappa shape index (κ3) is 3.93. The number of nitrogens with one attached hydrogen (secondary N) is 1. The van der Waals surface area contributed by atoms with E-state index in [1.807, 2.05) is 30.0 Å². The fourth-order valence-electron chi connectivity index (χ4n) is 3.12. The first-order chi connectivity index (χ1) is 12.2. The molecule has 1 unspecified atom stereocenters. The Balaban J connectivity index is 1.38. The van der Waals surface area contributed by atoms with Gasteiger partial charge < -0.3 is 15.8 Å². The lowest BCUT2D eigenvalue weighted by atomic mass is 10.0. The third-order valence-electron chi connectivity index (χ3n) is 4.70. The van der Waals surface area contributed by atoms with Gasteiger partial charge in [0.1, 0.15) is 5.75 Å². The topological polar surface area (TPSA) is 59.6 Å². The molecule has 0 bridgehead atoms. The molecule has 3 N–H and O–H groups in total. The third-order valence-corrected chi connectivity index (χ3v) is 6.18. The van der Waals surface area contributed by atoms with Crippen LogP contribution in [0.25, 0.3) is 0 Å². The maximum absolute atomic E-state index is 6.18. The smallest absolute Gasteiger partial charge is 0.189 e. The van der Waals surface area contributed by atoms with Crippen molar-refractivity contribution in [3.63, 3.8) is 0 Å². The number of guanidine groups is 1. The van der Waals surface area contributed by atoms with E-state index in [0.29, 0.717) is 12.6 Å². The molecule has 2 aliphatic rings. The molecular weight excluding hydrogens is 330 g/mol. The predicted molar refractivity (Wildman–Crippen MR) is 103 cm³/mol. The number of nitrogens with zero attached hydrogens (tertiary/aromatic N) is 1. The van der Waals surface area contributed by atoms with Crippen LogP contribution >= 0.6 is 11.8 Å². The first-order valence-electron chi connectivity index (χ1n) is 8.76. The van der Waals surface area contributed by atoms with Crippen molar-refractivity contribution in [3.8, 4) is 5.75 Å². The summed E-state index contributed by atoms with van der Waals surface area (Å²) >= 11 is 1.92. The predicted octanol–water partition coefficient (Wildman–Crippen LogP) is 3.74. The van der Waals surface area contributed by atoms with Gasteiger partial charge in [-0.25, -0.2) is 0 Å². The maximum atomic E-state index is 6.18. The molecule has 1 atom stereocenters. The number of thioether (sulfide) groups is 1. The summed E-state index contributed by atoms with van der Waals surface area (Å²) in [5.74, 6) is 1.47. The molecule has 5 heteroatoms. The van der Waals surface area contributed by atoms with Gasteiger partial charge in [-0.05, 0) is 31.0 Å². The van der Waals surface area contributed by atoms with Crippen LogP contribution in [0.4, 0.5) is 0 Å². The van der Waals surface area contributed by atoms with E-state index in [4.69, 9.17) is 10.5 Å². The monoisotopic (exact) mass is 353 g/mol. The van der Waals surface area contributed by atoms with Crippen molar-refractivity contribution >= 4 is 17.7 Å². The van der Waals surface area contributed by atoms with Crippen LogP contribution in [-0.4, -0.2) is 23.9 Å². The van der Waals surface area contributed by atoms with Gasteiger partial charge in [-0.2, -0.15) is 0 Å². The zero-order valence-electron chi connectivity index (χ0n) is 14.2. The summed E-state index contributed by atoms with van der Waals surface area (Å²) < 4.78 is 5.93. The molecule has 4 rings (SSSR count). The summed E-state index contributed by atoms with van der Waals surface area (Å²) in [5.41, 5.74) is 7.34.